The molecule has 5 aliphatic rings. The molecule has 1 aromatic rings. The molecule has 4 amide bonds. The quantitative estimate of drug-likeness (QED) is 0.634. The highest BCUT2D eigenvalue weighted by Crippen LogP contribution is 2.37. The van der Waals surface area contributed by atoms with E-state index in [-0.39, 0.29) is 18.7 Å². The second-order valence-electron chi connectivity index (χ2n) is 9.35. The average Bonchev–Trinajstić information content (AvgIpc) is 3.38. The third-order valence-corrected chi connectivity index (χ3v) is 7.47. The van der Waals surface area contributed by atoms with Crippen molar-refractivity contribution in [2.75, 3.05) is 37.6 Å². The van der Waals surface area contributed by atoms with Gasteiger partial charge in [0.1, 0.15) is 6.04 Å². The molecular weight excluding hydrogens is 398 g/mol. The molecule has 5 heterocycles. The van der Waals surface area contributed by atoms with Crippen LogP contribution in [-0.2, 0) is 9.59 Å². The number of carbonyl (C=O) groups is 4. The van der Waals surface area contributed by atoms with Gasteiger partial charge in [0.2, 0.25) is 11.8 Å². The maximum Gasteiger partial charge on any atom is 0.262 e. The summed E-state index contributed by atoms with van der Waals surface area (Å²) in [5.74, 6) is -1.09. The van der Waals surface area contributed by atoms with Crippen LogP contribution in [0.5, 0.6) is 0 Å². The molecule has 0 spiro atoms. The van der Waals surface area contributed by atoms with Crippen LogP contribution in [0.2, 0.25) is 0 Å². The number of nitrogens with one attached hydrogen (secondary N) is 2. The van der Waals surface area contributed by atoms with E-state index in [9.17, 15) is 19.2 Å². The number of amides is 4. The highest BCUT2D eigenvalue weighted by Gasteiger charge is 2.47. The van der Waals surface area contributed by atoms with E-state index < -0.39 is 23.8 Å². The van der Waals surface area contributed by atoms with Crippen LogP contribution in [0.15, 0.2) is 18.2 Å². The van der Waals surface area contributed by atoms with Crippen LogP contribution < -0.4 is 15.5 Å². The van der Waals surface area contributed by atoms with Crippen molar-refractivity contribution in [1.29, 1.82) is 0 Å². The molecule has 3 unspecified atom stereocenters. The van der Waals surface area contributed by atoms with Crippen molar-refractivity contribution >= 4 is 29.3 Å². The number of carbonyl (C=O) groups excluding carboxylic acids is 4. The van der Waals surface area contributed by atoms with E-state index in [2.05, 4.69) is 20.4 Å². The molecule has 31 heavy (non-hydrogen) atoms. The molecule has 9 heteroatoms. The van der Waals surface area contributed by atoms with Crippen molar-refractivity contribution in [3.05, 3.63) is 29.3 Å². The van der Waals surface area contributed by atoms with E-state index in [1.165, 1.54) is 0 Å². The monoisotopic (exact) mass is 423 g/mol. The number of hydrogen-bond donors (Lipinski definition) is 2. The predicted octanol–water partition coefficient (Wildman–Crippen LogP) is -0.430. The SMILES string of the molecule is O=C1CCC(N2C(=O)c3ccc(N4CC5CC4CN5CC4CNC4)cc3C2=O)C(=O)N1. The fraction of sp³-hybridized carbons (Fsp3) is 0.545. The van der Waals surface area contributed by atoms with E-state index >= 15 is 0 Å². The number of fused-ring (bicyclic) bond motifs is 3. The van der Waals surface area contributed by atoms with Gasteiger partial charge in [-0.05, 0) is 37.0 Å². The van der Waals surface area contributed by atoms with Gasteiger partial charge in [-0.15, -0.1) is 0 Å². The van der Waals surface area contributed by atoms with Gasteiger partial charge < -0.3 is 10.2 Å². The second-order valence-corrected chi connectivity index (χ2v) is 9.35. The van der Waals surface area contributed by atoms with Crippen LogP contribution in [0.3, 0.4) is 0 Å². The van der Waals surface area contributed by atoms with Crippen LogP contribution in [0.25, 0.3) is 0 Å². The van der Waals surface area contributed by atoms with Crippen LogP contribution in [-0.4, -0.2) is 84.3 Å². The van der Waals surface area contributed by atoms with Gasteiger partial charge in [0.25, 0.3) is 11.8 Å². The molecule has 162 valence electrons. The number of imide groups is 2. The van der Waals surface area contributed by atoms with Crippen molar-refractivity contribution < 1.29 is 19.2 Å². The fourth-order valence-electron chi connectivity index (χ4n) is 5.74. The van der Waals surface area contributed by atoms with E-state index in [4.69, 9.17) is 0 Å². The zero-order chi connectivity index (χ0) is 21.3. The van der Waals surface area contributed by atoms with Crippen molar-refractivity contribution in [1.82, 2.24) is 20.4 Å². The van der Waals surface area contributed by atoms with Gasteiger partial charge in [0.15, 0.2) is 0 Å². The molecule has 2 bridgehead atoms. The molecule has 1 aromatic carbocycles. The fourth-order valence-corrected chi connectivity index (χ4v) is 5.74. The van der Waals surface area contributed by atoms with E-state index in [0.717, 1.165) is 55.6 Å². The Bertz CT molecular complexity index is 1010. The van der Waals surface area contributed by atoms with Gasteiger partial charge in [-0.25, -0.2) is 0 Å². The van der Waals surface area contributed by atoms with Crippen molar-refractivity contribution in [3.63, 3.8) is 0 Å². The zero-order valence-corrected chi connectivity index (χ0v) is 17.2. The van der Waals surface area contributed by atoms with E-state index in [1.54, 1.807) is 6.07 Å². The Morgan fingerprint density at radius 3 is 2.45 bits per heavy atom. The number of rotatable bonds is 4. The minimum atomic E-state index is -0.925. The summed E-state index contributed by atoms with van der Waals surface area (Å²) in [5, 5.41) is 5.57. The van der Waals surface area contributed by atoms with Gasteiger partial charge >= 0.3 is 0 Å². The first kappa shape index (κ1) is 18.9. The molecule has 5 aliphatic heterocycles. The molecule has 4 fully saturated rings. The first-order valence-electron chi connectivity index (χ1n) is 11.1. The number of anilines is 1. The second kappa shape index (κ2) is 6.86. The molecule has 0 radical (unpaired) electrons. The Morgan fingerprint density at radius 2 is 1.77 bits per heavy atom. The van der Waals surface area contributed by atoms with Gasteiger partial charge in [0, 0.05) is 56.9 Å². The summed E-state index contributed by atoms with van der Waals surface area (Å²) in [6.45, 7) is 5.35. The van der Waals surface area contributed by atoms with Gasteiger partial charge in [-0.3, -0.25) is 34.3 Å². The largest absolute Gasteiger partial charge is 0.366 e. The summed E-state index contributed by atoms with van der Waals surface area (Å²) < 4.78 is 0. The summed E-state index contributed by atoms with van der Waals surface area (Å²) in [7, 11) is 0. The first-order chi connectivity index (χ1) is 15.0. The molecule has 0 aromatic heterocycles. The Labute approximate surface area is 179 Å². The lowest BCUT2D eigenvalue weighted by Crippen LogP contribution is -2.54. The molecule has 3 atom stereocenters. The lowest BCUT2D eigenvalue weighted by molar-refractivity contribution is -0.136. The highest BCUT2D eigenvalue weighted by atomic mass is 16.2. The number of likely N-dealkylation sites (tertiary alicyclic amines) is 1. The summed E-state index contributed by atoms with van der Waals surface area (Å²) in [4.78, 5) is 55.6. The number of hydrogen-bond acceptors (Lipinski definition) is 7. The maximum atomic E-state index is 13.1. The standard InChI is InChI=1S/C22H25N5O4/c28-19-4-3-18(20(29)24-19)27-21(30)16-2-1-13(6-17(16)22(27)31)26-11-14-5-15(26)10-25(14)9-12-7-23-8-12/h1-2,6,12,14-15,18,23H,3-5,7-11H2,(H,24,28,29). The zero-order valence-electron chi connectivity index (χ0n) is 17.2. The van der Waals surface area contributed by atoms with Crippen molar-refractivity contribution in [2.24, 2.45) is 5.92 Å². The summed E-state index contributed by atoms with van der Waals surface area (Å²) in [6, 6.07) is 5.47. The molecule has 4 saturated heterocycles. The van der Waals surface area contributed by atoms with Crippen molar-refractivity contribution in [2.45, 2.75) is 37.4 Å². The summed E-state index contributed by atoms with van der Waals surface area (Å²) in [5.41, 5.74) is 1.65. The third-order valence-electron chi connectivity index (χ3n) is 7.47. The molecule has 6 rings (SSSR count). The lowest BCUT2D eigenvalue weighted by atomic mass is 10.0. The third kappa shape index (κ3) is 2.90. The molecule has 0 saturated carbocycles. The number of benzene rings is 1. The molecule has 9 nitrogen and oxygen atoms in total. The number of piperazine rings is 1. The maximum absolute atomic E-state index is 13.1. The number of nitrogens with zero attached hydrogens (tertiary/aromatic N) is 3. The van der Waals surface area contributed by atoms with Gasteiger partial charge in [-0.1, -0.05) is 0 Å². The summed E-state index contributed by atoms with van der Waals surface area (Å²) >= 11 is 0. The minimum absolute atomic E-state index is 0.124. The summed E-state index contributed by atoms with van der Waals surface area (Å²) in [6.07, 6.45) is 1.43. The number of piperidine rings is 1. The first-order valence-corrected chi connectivity index (χ1v) is 11.1. The van der Waals surface area contributed by atoms with Gasteiger partial charge in [-0.2, -0.15) is 0 Å². The molecule has 0 aliphatic carbocycles. The van der Waals surface area contributed by atoms with E-state index in [1.807, 2.05) is 12.1 Å². The highest BCUT2D eigenvalue weighted by molar-refractivity contribution is 6.23. The molecule has 2 N–H and O–H groups in total. The van der Waals surface area contributed by atoms with Crippen LogP contribution >= 0.6 is 0 Å². The lowest BCUT2D eigenvalue weighted by Gasteiger charge is -2.39. The van der Waals surface area contributed by atoms with Crippen LogP contribution in [0.4, 0.5) is 5.69 Å². The Hall–Kier alpha value is -2.78. The van der Waals surface area contributed by atoms with Crippen LogP contribution in [0.1, 0.15) is 40.0 Å². The van der Waals surface area contributed by atoms with E-state index in [0.29, 0.717) is 23.2 Å². The Kier molecular flexibility index (Phi) is 4.19. The normalized spacial score (nSPS) is 30.8. The molecular formula is C22H25N5O4. The van der Waals surface area contributed by atoms with Crippen molar-refractivity contribution in [3.8, 4) is 0 Å². The average molecular weight is 423 g/mol. The minimum Gasteiger partial charge on any atom is -0.366 e. The Balaban J connectivity index is 1.20. The van der Waals surface area contributed by atoms with Crippen LogP contribution in [0, 0.1) is 5.92 Å². The topological polar surface area (TPSA) is 102 Å². The smallest absolute Gasteiger partial charge is 0.262 e. The van der Waals surface area contributed by atoms with Gasteiger partial charge in [0.05, 0.1) is 11.1 Å². The predicted molar refractivity (Wildman–Crippen MR) is 111 cm³/mol. The Morgan fingerprint density at radius 1 is 0.968 bits per heavy atom.